The Hall–Kier alpha value is -0.770. The Bertz CT molecular complexity index is 342. The molecular formula is C12H19ClN2O. The number of ether oxygens (including phenoxy) is 1. The van der Waals surface area contributed by atoms with Crippen molar-refractivity contribution in [3.63, 3.8) is 0 Å². The fraction of sp³-hybridized carbons (Fsp3) is 0.500. The molecule has 0 saturated heterocycles. The van der Waals surface area contributed by atoms with Crippen LogP contribution in [-0.2, 0) is 4.74 Å². The third-order valence-electron chi connectivity index (χ3n) is 2.54. The lowest BCUT2D eigenvalue weighted by Gasteiger charge is -2.21. The smallest absolute Gasteiger partial charge is 0.0642 e. The van der Waals surface area contributed by atoms with Gasteiger partial charge in [-0.05, 0) is 24.6 Å². The molecule has 0 bridgehead atoms. The summed E-state index contributed by atoms with van der Waals surface area (Å²) in [4.78, 5) is 2.07. The van der Waals surface area contributed by atoms with Gasteiger partial charge in [0, 0.05) is 26.7 Å². The molecule has 0 aliphatic heterocycles. The molecule has 0 saturated carbocycles. The number of methoxy groups -OCH3 is 1. The first-order valence-corrected chi connectivity index (χ1v) is 5.69. The van der Waals surface area contributed by atoms with E-state index in [9.17, 15) is 0 Å². The molecule has 0 unspecified atom stereocenters. The molecule has 0 fully saturated rings. The number of anilines is 1. The molecule has 4 heteroatoms. The van der Waals surface area contributed by atoms with Crippen molar-refractivity contribution in [2.24, 2.45) is 5.73 Å². The Morgan fingerprint density at radius 2 is 2.19 bits per heavy atom. The van der Waals surface area contributed by atoms with Crippen LogP contribution < -0.4 is 10.6 Å². The van der Waals surface area contributed by atoms with E-state index in [4.69, 9.17) is 22.1 Å². The third kappa shape index (κ3) is 3.37. The van der Waals surface area contributed by atoms with Gasteiger partial charge in [-0.2, -0.15) is 0 Å². The van der Waals surface area contributed by atoms with Crippen molar-refractivity contribution in [3.05, 3.63) is 28.8 Å². The number of nitrogens with zero attached hydrogens (tertiary/aromatic N) is 1. The van der Waals surface area contributed by atoms with Crippen molar-refractivity contribution >= 4 is 17.3 Å². The average Bonchev–Trinajstić information content (AvgIpc) is 2.25. The minimum atomic E-state index is 0.0100. The molecule has 16 heavy (non-hydrogen) atoms. The molecule has 3 nitrogen and oxygen atoms in total. The van der Waals surface area contributed by atoms with Crippen LogP contribution in [0.3, 0.4) is 0 Å². The summed E-state index contributed by atoms with van der Waals surface area (Å²) in [6, 6.07) is 5.94. The summed E-state index contributed by atoms with van der Waals surface area (Å²) >= 11 is 6.21. The van der Waals surface area contributed by atoms with Gasteiger partial charge in [0.05, 0.1) is 17.3 Å². The summed E-state index contributed by atoms with van der Waals surface area (Å²) in [5.74, 6) is 0. The monoisotopic (exact) mass is 242 g/mol. The molecule has 2 N–H and O–H groups in total. The van der Waals surface area contributed by atoms with E-state index in [0.717, 1.165) is 22.8 Å². The van der Waals surface area contributed by atoms with Gasteiger partial charge in [-0.15, -0.1) is 0 Å². The summed E-state index contributed by atoms with van der Waals surface area (Å²) < 4.78 is 5.03. The van der Waals surface area contributed by atoms with Gasteiger partial charge in [0.1, 0.15) is 0 Å². The second-order valence-electron chi connectivity index (χ2n) is 3.91. The Labute approximate surface area is 102 Å². The van der Waals surface area contributed by atoms with Crippen LogP contribution in [0, 0.1) is 0 Å². The number of hydrogen-bond donors (Lipinski definition) is 1. The number of halogens is 1. The quantitative estimate of drug-likeness (QED) is 0.862. The van der Waals surface area contributed by atoms with Gasteiger partial charge >= 0.3 is 0 Å². The average molecular weight is 243 g/mol. The minimum Gasteiger partial charge on any atom is -0.383 e. The van der Waals surface area contributed by atoms with Crippen LogP contribution in [0.2, 0.25) is 5.02 Å². The van der Waals surface area contributed by atoms with Crippen molar-refractivity contribution in [1.29, 1.82) is 0 Å². The second kappa shape index (κ2) is 6.09. The van der Waals surface area contributed by atoms with Crippen molar-refractivity contribution in [1.82, 2.24) is 0 Å². The first kappa shape index (κ1) is 13.3. The van der Waals surface area contributed by atoms with E-state index in [1.807, 2.05) is 32.2 Å². The molecule has 0 amide bonds. The maximum Gasteiger partial charge on any atom is 0.0642 e. The number of hydrogen-bond acceptors (Lipinski definition) is 3. The van der Waals surface area contributed by atoms with E-state index < -0.39 is 0 Å². The van der Waals surface area contributed by atoms with Gasteiger partial charge < -0.3 is 15.4 Å². The normalized spacial score (nSPS) is 12.6. The maximum absolute atomic E-state index is 6.21. The van der Waals surface area contributed by atoms with E-state index in [0.29, 0.717) is 6.61 Å². The molecule has 90 valence electrons. The number of rotatable bonds is 5. The molecule has 1 aromatic rings. The maximum atomic E-state index is 6.21. The molecular weight excluding hydrogens is 224 g/mol. The van der Waals surface area contributed by atoms with E-state index in [1.165, 1.54) is 0 Å². The molecule has 0 aliphatic rings. The largest absolute Gasteiger partial charge is 0.383 e. The highest BCUT2D eigenvalue weighted by Gasteiger charge is 2.08. The van der Waals surface area contributed by atoms with E-state index in [1.54, 1.807) is 7.11 Å². The summed E-state index contributed by atoms with van der Waals surface area (Å²) in [7, 11) is 3.68. The number of nitrogens with two attached hydrogens (primary N) is 1. The SMILES string of the molecule is COCCN(C)c1ccc([C@@H](C)N)cc1Cl. The standard InChI is InChI=1S/C12H19ClN2O/c1-9(14)10-4-5-12(11(13)8-10)15(2)6-7-16-3/h4-5,8-9H,6-7,14H2,1-3H3/t9-/m1/s1. The topological polar surface area (TPSA) is 38.5 Å². The van der Waals surface area contributed by atoms with Gasteiger partial charge in [-0.3, -0.25) is 0 Å². The van der Waals surface area contributed by atoms with E-state index in [-0.39, 0.29) is 6.04 Å². The minimum absolute atomic E-state index is 0.0100. The highest BCUT2D eigenvalue weighted by atomic mass is 35.5. The van der Waals surface area contributed by atoms with Crippen molar-refractivity contribution < 1.29 is 4.74 Å². The Kier molecular flexibility index (Phi) is 5.06. The third-order valence-corrected chi connectivity index (χ3v) is 2.84. The molecule has 0 spiro atoms. The Balaban J connectivity index is 2.81. The summed E-state index contributed by atoms with van der Waals surface area (Å²) in [5.41, 5.74) is 7.85. The van der Waals surface area contributed by atoms with Gasteiger partial charge in [-0.25, -0.2) is 0 Å². The van der Waals surface area contributed by atoms with Crippen LogP contribution >= 0.6 is 11.6 Å². The molecule has 1 aromatic carbocycles. The van der Waals surface area contributed by atoms with Crippen molar-refractivity contribution in [2.75, 3.05) is 32.2 Å². The first-order valence-electron chi connectivity index (χ1n) is 5.31. The fourth-order valence-corrected chi connectivity index (χ4v) is 1.80. The zero-order valence-corrected chi connectivity index (χ0v) is 10.8. The number of likely N-dealkylation sites (N-methyl/N-ethyl adjacent to an activating group) is 1. The van der Waals surface area contributed by atoms with Gasteiger partial charge in [0.2, 0.25) is 0 Å². The zero-order chi connectivity index (χ0) is 12.1. The lowest BCUT2D eigenvalue weighted by atomic mass is 10.1. The van der Waals surface area contributed by atoms with Crippen LogP contribution in [0.1, 0.15) is 18.5 Å². The van der Waals surface area contributed by atoms with E-state index >= 15 is 0 Å². The molecule has 0 heterocycles. The van der Waals surface area contributed by atoms with Crippen molar-refractivity contribution in [3.8, 4) is 0 Å². The van der Waals surface area contributed by atoms with Crippen LogP contribution in [0.5, 0.6) is 0 Å². The second-order valence-corrected chi connectivity index (χ2v) is 4.32. The van der Waals surface area contributed by atoms with Crippen LogP contribution in [0.25, 0.3) is 0 Å². The predicted octanol–water partition coefficient (Wildman–Crippen LogP) is 2.44. The highest BCUT2D eigenvalue weighted by Crippen LogP contribution is 2.27. The van der Waals surface area contributed by atoms with Gasteiger partial charge in [0.15, 0.2) is 0 Å². The van der Waals surface area contributed by atoms with Crippen LogP contribution in [0.4, 0.5) is 5.69 Å². The lowest BCUT2D eigenvalue weighted by molar-refractivity contribution is 0.206. The van der Waals surface area contributed by atoms with Crippen molar-refractivity contribution in [2.45, 2.75) is 13.0 Å². The van der Waals surface area contributed by atoms with E-state index in [2.05, 4.69) is 4.90 Å². The summed E-state index contributed by atoms with van der Waals surface area (Å²) in [6.45, 7) is 3.44. The molecule has 0 aromatic heterocycles. The first-order chi connectivity index (χ1) is 7.56. The zero-order valence-electron chi connectivity index (χ0n) is 10.0. The number of benzene rings is 1. The molecule has 1 atom stereocenters. The summed E-state index contributed by atoms with van der Waals surface area (Å²) in [5, 5.41) is 0.730. The summed E-state index contributed by atoms with van der Waals surface area (Å²) in [6.07, 6.45) is 0. The fourth-order valence-electron chi connectivity index (χ4n) is 1.46. The highest BCUT2D eigenvalue weighted by molar-refractivity contribution is 6.33. The van der Waals surface area contributed by atoms with Crippen LogP contribution in [-0.4, -0.2) is 27.3 Å². The molecule has 0 aliphatic carbocycles. The van der Waals surface area contributed by atoms with Gasteiger partial charge in [0.25, 0.3) is 0 Å². The Morgan fingerprint density at radius 1 is 1.50 bits per heavy atom. The Morgan fingerprint density at radius 3 is 2.69 bits per heavy atom. The van der Waals surface area contributed by atoms with Gasteiger partial charge in [-0.1, -0.05) is 17.7 Å². The lowest BCUT2D eigenvalue weighted by Crippen LogP contribution is -2.22. The molecule has 1 rings (SSSR count). The molecule has 0 radical (unpaired) electrons. The predicted molar refractivity (Wildman–Crippen MR) is 69.2 cm³/mol. The van der Waals surface area contributed by atoms with Crippen LogP contribution in [0.15, 0.2) is 18.2 Å².